The second-order valence-corrected chi connectivity index (χ2v) is 5.26. The van der Waals surface area contributed by atoms with Crippen molar-refractivity contribution >= 4 is 0 Å². The van der Waals surface area contributed by atoms with Crippen LogP contribution in [0.2, 0.25) is 0 Å². The number of benzene rings is 1. The van der Waals surface area contributed by atoms with Crippen LogP contribution < -0.4 is 0 Å². The van der Waals surface area contributed by atoms with Gasteiger partial charge in [0.2, 0.25) is 0 Å². The van der Waals surface area contributed by atoms with Gasteiger partial charge in [0, 0.05) is 37.8 Å². The van der Waals surface area contributed by atoms with Crippen molar-refractivity contribution in [3.05, 3.63) is 95.8 Å². The van der Waals surface area contributed by atoms with Gasteiger partial charge in [0.05, 0.1) is 6.10 Å². The topological polar surface area (TPSA) is 35.0 Å². The van der Waals surface area contributed by atoms with E-state index in [2.05, 4.69) is 9.97 Å². The molecule has 2 aromatic heterocycles. The number of hydrogen-bond acceptors (Lipinski definition) is 3. The molecule has 4 heteroatoms. The summed E-state index contributed by atoms with van der Waals surface area (Å²) in [5, 5.41) is 0. The molecule has 3 aromatic rings. The number of ether oxygens (including phenoxy) is 1. The summed E-state index contributed by atoms with van der Waals surface area (Å²) in [6.45, 7) is 0. The first-order valence-electron chi connectivity index (χ1n) is 7.37. The van der Waals surface area contributed by atoms with E-state index >= 15 is 0 Å². The number of hydrogen-bond donors (Lipinski definition) is 0. The van der Waals surface area contributed by atoms with Crippen molar-refractivity contribution in [2.45, 2.75) is 12.0 Å². The van der Waals surface area contributed by atoms with Gasteiger partial charge < -0.3 is 4.74 Å². The fraction of sp³-hybridized carbons (Fsp3) is 0.158. The van der Waals surface area contributed by atoms with E-state index in [1.54, 1.807) is 31.6 Å². The van der Waals surface area contributed by atoms with E-state index in [-0.39, 0.29) is 17.8 Å². The van der Waals surface area contributed by atoms with Crippen LogP contribution in [-0.4, -0.2) is 17.1 Å². The summed E-state index contributed by atoms with van der Waals surface area (Å²) < 4.78 is 19.0. The van der Waals surface area contributed by atoms with Gasteiger partial charge in [-0.2, -0.15) is 0 Å². The van der Waals surface area contributed by atoms with E-state index < -0.39 is 0 Å². The van der Waals surface area contributed by atoms with E-state index in [1.165, 1.54) is 12.1 Å². The SMILES string of the molecule is COC(c1ccc(F)cc1)C(c1cccnc1)c1cccnc1. The lowest BCUT2D eigenvalue weighted by Gasteiger charge is -2.27. The van der Waals surface area contributed by atoms with Gasteiger partial charge in [-0.1, -0.05) is 24.3 Å². The molecule has 0 radical (unpaired) electrons. The third-order valence-electron chi connectivity index (χ3n) is 3.84. The molecule has 0 aliphatic heterocycles. The van der Waals surface area contributed by atoms with Crippen LogP contribution in [0.4, 0.5) is 4.39 Å². The molecular formula is C19H17FN2O. The normalized spacial score (nSPS) is 12.3. The number of pyridine rings is 2. The average molecular weight is 308 g/mol. The third kappa shape index (κ3) is 3.43. The zero-order valence-electron chi connectivity index (χ0n) is 12.8. The van der Waals surface area contributed by atoms with Gasteiger partial charge in [0.25, 0.3) is 0 Å². The molecule has 0 amide bonds. The first-order valence-corrected chi connectivity index (χ1v) is 7.37. The minimum Gasteiger partial charge on any atom is -0.376 e. The van der Waals surface area contributed by atoms with Gasteiger partial charge in [-0.15, -0.1) is 0 Å². The molecular weight excluding hydrogens is 291 g/mol. The molecule has 0 bridgehead atoms. The molecule has 0 N–H and O–H groups in total. The lowest BCUT2D eigenvalue weighted by Crippen LogP contribution is -2.15. The van der Waals surface area contributed by atoms with E-state index in [9.17, 15) is 4.39 Å². The lowest BCUT2D eigenvalue weighted by molar-refractivity contribution is 0.0889. The molecule has 3 rings (SSSR count). The molecule has 116 valence electrons. The van der Waals surface area contributed by atoms with E-state index in [0.29, 0.717) is 0 Å². The average Bonchev–Trinajstić information content (AvgIpc) is 2.62. The zero-order chi connectivity index (χ0) is 16.1. The van der Waals surface area contributed by atoms with E-state index in [0.717, 1.165) is 16.7 Å². The Labute approximate surface area is 134 Å². The van der Waals surface area contributed by atoms with Crippen molar-refractivity contribution in [3.63, 3.8) is 0 Å². The predicted octanol–water partition coefficient (Wildman–Crippen LogP) is 4.14. The van der Waals surface area contributed by atoms with Crippen molar-refractivity contribution in [2.75, 3.05) is 7.11 Å². The Morgan fingerprint density at radius 1 is 0.826 bits per heavy atom. The van der Waals surface area contributed by atoms with Crippen molar-refractivity contribution in [1.29, 1.82) is 0 Å². The van der Waals surface area contributed by atoms with Crippen molar-refractivity contribution in [1.82, 2.24) is 9.97 Å². The first kappa shape index (κ1) is 15.3. The summed E-state index contributed by atoms with van der Waals surface area (Å²) in [6, 6.07) is 14.2. The van der Waals surface area contributed by atoms with Gasteiger partial charge >= 0.3 is 0 Å². The summed E-state index contributed by atoms with van der Waals surface area (Å²) in [5.74, 6) is -0.337. The van der Waals surface area contributed by atoms with Crippen LogP contribution in [0.15, 0.2) is 73.3 Å². The van der Waals surface area contributed by atoms with Gasteiger partial charge in [0.15, 0.2) is 0 Å². The van der Waals surface area contributed by atoms with Crippen molar-refractivity contribution in [3.8, 4) is 0 Å². The predicted molar refractivity (Wildman–Crippen MR) is 86.5 cm³/mol. The maximum absolute atomic E-state index is 13.2. The Bertz CT molecular complexity index is 693. The molecule has 0 saturated heterocycles. The van der Waals surface area contributed by atoms with E-state index in [1.807, 2.05) is 36.7 Å². The van der Waals surface area contributed by atoms with Gasteiger partial charge in [-0.25, -0.2) is 4.39 Å². The third-order valence-corrected chi connectivity index (χ3v) is 3.84. The second-order valence-electron chi connectivity index (χ2n) is 5.26. The van der Waals surface area contributed by atoms with Gasteiger partial charge in [0.1, 0.15) is 5.82 Å². The molecule has 0 fully saturated rings. The van der Waals surface area contributed by atoms with Crippen LogP contribution in [-0.2, 0) is 4.74 Å². The largest absolute Gasteiger partial charge is 0.376 e. The fourth-order valence-corrected chi connectivity index (χ4v) is 2.78. The number of aromatic nitrogens is 2. The molecule has 2 heterocycles. The molecule has 23 heavy (non-hydrogen) atoms. The lowest BCUT2D eigenvalue weighted by atomic mass is 9.85. The maximum atomic E-state index is 13.2. The second kappa shape index (κ2) is 7.11. The number of rotatable bonds is 5. The highest BCUT2D eigenvalue weighted by Crippen LogP contribution is 2.38. The molecule has 1 aromatic carbocycles. The Kier molecular flexibility index (Phi) is 4.74. The molecule has 0 saturated carbocycles. The summed E-state index contributed by atoms with van der Waals surface area (Å²) in [7, 11) is 1.66. The minimum absolute atomic E-state index is 0.0761. The Morgan fingerprint density at radius 2 is 1.39 bits per heavy atom. The summed E-state index contributed by atoms with van der Waals surface area (Å²) in [5.41, 5.74) is 2.96. The Morgan fingerprint density at radius 3 is 1.83 bits per heavy atom. The highest BCUT2D eigenvalue weighted by atomic mass is 19.1. The van der Waals surface area contributed by atoms with Gasteiger partial charge in [-0.3, -0.25) is 9.97 Å². The Hall–Kier alpha value is -2.59. The van der Waals surface area contributed by atoms with Crippen LogP contribution in [0.25, 0.3) is 0 Å². The zero-order valence-corrected chi connectivity index (χ0v) is 12.8. The molecule has 1 atom stereocenters. The first-order chi connectivity index (χ1) is 11.3. The maximum Gasteiger partial charge on any atom is 0.123 e. The standard InChI is InChI=1S/C19H17FN2O/c1-23-19(14-6-8-17(20)9-7-14)18(15-4-2-10-21-12-15)16-5-3-11-22-13-16/h2-13,18-19H,1H3. The number of methoxy groups -OCH3 is 1. The number of halogens is 1. The van der Waals surface area contributed by atoms with Crippen molar-refractivity contribution in [2.24, 2.45) is 0 Å². The monoisotopic (exact) mass is 308 g/mol. The van der Waals surface area contributed by atoms with Crippen LogP contribution in [0.5, 0.6) is 0 Å². The summed E-state index contributed by atoms with van der Waals surface area (Å²) in [4.78, 5) is 8.44. The van der Waals surface area contributed by atoms with Crippen LogP contribution in [0, 0.1) is 5.82 Å². The minimum atomic E-state index is -0.261. The fourth-order valence-electron chi connectivity index (χ4n) is 2.78. The molecule has 0 spiro atoms. The van der Waals surface area contributed by atoms with Crippen LogP contribution in [0.1, 0.15) is 28.7 Å². The van der Waals surface area contributed by atoms with Gasteiger partial charge in [-0.05, 0) is 41.0 Å². The smallest absolute Gasteiger partial charge is 0.123 e. The quantitative estimate of drug-likeness (QED) is 0.710. The molecule has 3 nitrogen and oxygen atoms in total. The van der Waals surface area contributed by atoms with Crippen LogP contribution in [0.3, 0.4) is 0 Å². The Balaban J connectivity index is 2.08. The van der Waals surface area contributed by atoms with E-state index in [4.69, 9.17) is 4.74 Å². The molecule has 0 aliphatic rings. The number of nitrogens with zero attached hydrogens (tertiary/aromatic N) is 2. The summed E-state index contributed by atoms with van der Waals surface area (Å²) in [6.07, 6.45) is 6.87. The highest BCUT2D eigenvalue weighted by molar-refractivity contribution is 5.34. The van der Waals surface area contributed by atoms with Crippen LogP contribution >= 0.6 is 0 Å². The molecule has 0 aliphatic carbocycles. The van der Waals surface area contributed by atoms with Crippen molar-refractivity contribution < 1.29 is 9.13 Å². The summed E-state index contributed by atoms with van der Waals surface area (Å²) >= 11 is 0. The highest BCUT2D eigenvalue weighted by Gasteiger charge is 2.27. The molecule has 1 unspecified atom stereocenters.